The van der Waals surface area contributed by atoms with E-state index in [4.69, 9.17) is 5.73 Å². The first-order valence-corrected chi connectivity index (χ1v) is 6.85. The summed E-state index contributed by atoms with van der Waals surface area (Å²) in [4.78, 5) is 16.5. The van der Waals surface area contributed by atoms with E-state index in [1.165, 1.54) is 6.20 Å². The van der Waals surface area contributed by atoms with Crippen LogP contribution in [-0.4, -0.2) is 15.9 Å². The van der Waals surface area contributed by atoms with E-state index >= 15 is 0 Å². The third kappa shape index (κ3) is 3.11. The molecule has 4 nitrogen and oxygen atoms in total. The second-order valence-electron chi connectivity index (χ2n) is 6.06. The Hall–Kier alpha value is -2.20. The zero-order valence-corrected chi connectivity index (χ0v) is 12.6. The number of phenolic OH excluding ortho intramolecular Hbond substituents is 1. The Morgan fingerprint density at radius 2 is 2.05 bits per heavy atom. The minimum Gasteiger partial charge on any atom is -0.507 e. The van der Waals surface area contributed by atoms with E-state index in [1.54, 1.807) is 24.4 Å². The largest absolute Gasteiger partial charge is 0.507 e. The number of rotatable bonds is 3. The van der Waals surface area contributed by atoms with Crippen molar-refractivity contribution in [1.82, 2.24) is 4.98 Å². The van der Waals surface area contributed by atoms with Crippen LogP contribution in [0.4, 0.5) is 0 Å². The molecule has 0 spiro atoms. The zero-order chi connectivity index (χ0) is 15.6. The lowest BCUT2D eigenvalue weighted by molar-refractivity contribution is 0.103. The highest BCUT2D eigenvalue weighted by molar-refractivity contribution is 6.10. The number of hydrogen-bond acceptors (Lipinski definition) is 4. The van der Waals surface area contributed by atoms with Gasteiger partial charge < -0.3 is 10.8 Å². The molecule has 0 atom stereocenters. The van der Waals surface area contributed by atoms with Crippen LogP contribution in [0.5, 0.6) is 5.75 Å². The lowest BCUT2D eigenvalue weighted by atomic mass is 9.83. The van der Waals surface area contributed by atoms with Crippen molar-refractivity contribution in [3.05, 3.63) is 58.9 Å². The molecule has 0 bridgehead atoms. The summed E-state index contributed by atoms with van der Waals surface area (Å²) in [5, 5.41) is 10.3. The van der Waals surface area contributed by atoms with E-state index in [1.807, 2.05) is 6.07 Å². The topological polar surface area (TPSA) is 76.2 Å². The van der Waals surface area contributed by atoms with E-state index in [0.29, 0.717) is 11.1 Å². The van der Waals surface area contributed by atoms with Gasteiger partial charge in [0.25, 0.3) is 0 Å². The summed E-state index contributed by atoms with van der Waals surface area (Å²) >= 11 is 0. The number of ketones is 1. The minimum absolute atomic E-state index is 0.0423. The monoisotopic (exact) mass is 284 g/mol. The fourth-order valence-corrected chi connectivity index (χ4v) is 2.11. The maximum Gasteiger partial charge on any atom is 0.198 e. The SMILES string of the molecule is CC(C)(C)c1cc(CN)c(O)c(C(=O)c2cccnc2)c1. The molecule has 0 saturated carbocycles. The van der Waals surface area contributed by atoms with E-state index in [2.05, 4.69) is 25.8 Å². The Morgan fingerprint density at radius 1 is 1.33 bits per heavy atom. The molecule has 2 aromatic rings. The number of carbonyl (C=O) groups is 1. The van der Waals surface area contributed by atoms with Crippen LogP contribution in [0.25, 0.3) is 0 Å². The van der Waals surface area contributed by atoms with Gasteiger partial charge in [-0.15, -0.1) is 0 Å². The molecule has 1 aromatic heterocycles. The average Bonchev–Trinajstić information content (AvgIpc) is 2.46. The molecule has 0 aliphatic heterocycles. The second kappa shape index (κ2) is 5.66. The highest BCUT2D eigenvalue weighted by Crippen LogP contribution is 2.32. The normalized spacial score (nSPS) is 11.4. The number of hydrogen-bond donors (Lipinski definition) is 2. The first-order valence-electron chi connectivity index (χ1n) is 6.85. The van der Waals surface area contributed by atoms with E-state index in [9.17, 15) is 9.90 Å². The third-order valence-electron chi connectivity index (χ3n) is 3.44. The predicted octanol–water partition coefficient (Wildman–Crippen LogP) is 2.77. The van der Waals surface area contributed by atoms with Crippen LogP contribution in [0.2, 0.25) is 0 Å². The first-order chi connectivity index (χ1) is 9.84. The van der Waals surface area contributed by atoms with Crippen LogP contribution in [-0.2, 0) is 12.0 Å². The minimum atomic E-state index is -0.249. The molecule has 0 aliphatic carbocycles. The fourth-order valence-electron chi connectivity index (χ4n) is 2.11. The summed E-state index contributed by atoms with van der Waals surface area (Å²) in [5.41, 5.74) is 7.81. The lowest BCUT2D eigenvalue weighted by Crippen LogP contribution is -2.15. The van der Waals surface area contributed by atoms with Crippen molar-refractivity contribution in [1.29, 1.82) is 0 Å². The number of nitrogens with two attached hydrogens (primary N) is 1. The molecular formula is C17H20N2O2. The van der Waals surface area contributed by atoms with Gasteiger partial charge in [0.15, 0.2) is 5.78 Å². The quantitative estimate of drug-likeness (QED) is 0.850. The molecule has 0 unspecified atom stereocenters. The maximum absolute atomic E-state index is 12.6. The van der Waals surface area contributed by atoms with Gasteiger partial charge in [-0.05, 0) is 29.2 Å². The lowest BCUT2D eigenvalue weighted by Gasteiger charge is -2.22. The summed E-state index contributed by atoms with van der Waals surface area (Å²) in [6, 6.07) is 6.97. The van der Waals surface area contributed by atoms with Crippen molar-refractivity contribution in [3.63, 3.8) is 0 Å². The maximum atomic E-state index is 12.6. The van der Waals surface area contributed by atoms with E-state index in [-0.39, 0.29) is 29.1 Å². The molecule has 1 heterocycles. The van der Waals surface area contributed by atoms with Gasteiger partial charge in [-0.2, -0.15) is 0 Å². The van der Waals surface area contributed by atoms with E-state index in [0.717, 1.165) is 5.56 Å². The summed E-state index contributed by atoms with van der Waals surface area (Å²) in [6.45, 7) is 6.34. The van der Waals surface area contributed by atoms with Crippen molar-refractivity contribution < 1.29 is 9.90 Å². The van der Waals surface area contributed by atoms with Crippen molar-refractivity contribution in [2.24, 2.45) is 5.73 Å². The van der Waals surface area contributed by atoms with Gasteiger partial charge in [-0.3, -0.25) is 9.78 Å². The molecule has 0 amide bonds. The standard InChI is InChI=1S/C17H20N2O2/c1-17(2,3)13-7-12(9-18)16(21)14(8-13)15(20)11-5-4-6-19-10-11/h4-8,10,21H,9,18H2,1-3H3. The number of benzene rings is 1. The molecule has 0 aliphatic rings. The van der Waals surface area contributed by atoms with Crippen molar-refractivity contribution >= 4 is 5.78 Å². The molecule has 2 rings (SSSR count). The molecule has 0 fully saturated rings. The summed E-state index contributed by atoms with van der Waals surface area (Å²) in [5.74, 6) is -0.291. The molecule has 21 heavy (non-hydrogen) atoms. The highest BCUT2D eigenvalue weighted by atomic mass is 16.3. The molecule has 0 radical (unpaired) electrons. The Bertz CT molecular complexity index is 658. The Morgan fingerprint density at radius 3 is 2.57 bits per heavy atom. The van der Waals surface area contributed by atoms with Crippen molar-refractivity contribution in [2.45, 2.75) is 32.7 Å². The van der Waals surface area contributed by atoms with Crippen LogP contribution in [0.1, 0.15) is 47.8 Å². The van der Waals surface area contributed by atoms with Gasteiger partial charge in [0.2, 0.25) is 0 Å². The van der Waals surface area contributed by atoms with Crippen molar-refractivity contribution in [3.8, 4) is 5.75 Å². The number of nitrogens with zero attached hydrogens (tertiary/aromatic N) is 1. The van der Waals surface area contributed by atoms with Gasteiger partial charge >= 0.3 is 0 Å². The average molecular weight is 284 g/mol. The number of aromatic nitrogens is 1. The molecule has 3 N–H and O–H groups in total. The van der Waals surface area contributed by atoms with Gasteiger partial charge in [0.05, 0.1) is 5.56 Å². The zero-order valence-electron chi connectivity index (χ0n) is 12.6. The van der Waals surface area contributed by atoms with Crippen LogP contribution in [0.15, 0.2) is 36.7 Å². The van der Waals surface area contributed by atoms with Gasteiger partial charge in [-0.1, -0.05) is 26.8 Å². The predicted molar refractivity (Wildman–Crippen MR) is 82.4 cm³/mol. The molecule has 0 saturated heterocycles. The van der Waals surface area contributed by atoms with Crippen LogP contribution in [0.3, 0.4) is 0 Å². The Kier molecular flexibility index (Phi) is 4.09. The van der Waals surface area contributed by atoms with Gasteiger partial charge in [0.1, 0.15) is 5.75 Å². The number of aromatic hydroxyl groups is 1. The molecular weight excluding hydrogens is 264 g/mol. The number of carbonyl (C=O) groups excluding carboxylic acids is 1. The second-order valence-corrected chi connectivity index (χ2v) is 6.06. The number of pyridine rings is 1. The summed E-state index contributed by atoms with van der Waals surface area (Å²) in [6.07, 6.45) is 3.10. The van der Waals surface area contributed by atoms with E-state index < -0.39 is 0 Å². The molecule has 4 heteroatoms. The summed E-state index contributed by atoms with van der Waals surface area (Å²) < 4.78 is 0. The van der Waals surface area contributed by atoms with Crippen LogP contribution < -0.4 is 5.73 Å². The summed E-state index contributed by atoms with van der Waals surface area (Å²) in [7, 11) is 0. The van der Waals surface area contributed by atoms with Crippen molar-refractivity contribution in [2.75, 3.05) is 0 Å². The fraction of sp³-hybridized carbons (Fsp3) is 0.294. The Balaban J connectivity index is 2.60. The molecule has 110 valence electrons. The van der Waals surface area contributed by atoms with Crippen LogP contribution >= 0.6 is 0 Å². The third-order valence-corrected chi connectivity index (χ3v) is 3.44. The van der Waals surface area contributed by atoms with Crippen LogP contribution in [0, 0.1) is 0 Å². The highest BCUT2D eigenvalue weighted by Gasteiger charge is 2.22. The van der Waals surface area contributed by atoms with Gasteiger partial charge in [-0.25, -0.2) is 0 Å². The van der Waals surface area contributed by atoms with Gasteiger partial charge in [0, 0.05) is 30.1 Å². The Labute approximate surface area is 124 Å². The smallest absolute Gasteiger partial charge is 0.198 e. The molecule has 1 aromatic carbocycles. The number of phenols is 1. The first kappa shape index (κ1) is 15.2.